The maximum Gasteiger partial charge on any atom is 0.251 e. The van der Waals surface area contributed by atoms with Gasteiger partial charge in [-0.15, -0.1) is 0 Å². The van der Waals surface area contributed by atoms with Crippen LogP contribution in [0.3, 0.4) is 0 Å². The molecule has 0 spiro atoms. The SMILES string of the molecule is CNCCNC(=O)c1cccc2c(-c3cccc(C(C)N4CCCC4)c3)cccc12. The first-order valence-corrected chi connectivity index (χ1v) is 11.0. The summed E-state index contributed by atoms with van der Waals surface area (Å²) in [6.45, 7) is 6.05. The van der Waals surface area contributed by atoms with E-state index in [-0.39, 0.29) is 5.91 Å². The third-order valence-corrected chi connectivity index (χ3v) is 6.20. The Morgan fingerprint density at radius 2 is 1.70 bits per heavy atom. The van der Waals surface area contributed by atoms with Gasteiger partial charge in [-0.1, -0.05) is 48.5 Å². The highest BCUT2D eigenvalue weighted by Gasteiger charge is 2.20. The first kappa shape index (κ1) is 20.6. The van der Waals surface area contributed by atoms with E-state index in [1.807, 2.05) is 25.2 Å². The fourth-order valence-electron chi connectivity index (χ4n) is 4.46. The van der Waals surface area contributed by atoms with Crippen molar-refractivity contribution in [1.29, 1.82) is 0 Å². The summed E-state index contributed by atoms with van der Waals surface area (Å²) >= 11 is 0. The molecule has 1 aliphatic rings. The van der Waals surface area contributed by atoms with Crippen LogP contribution in [0.25, 0.3) is 21.9 Å². The monoisotopic (exact) mass is 401 g/mol. The molecule has 1 saturated heterocycles. The van der Waals surface area contributed by atoms with E-state index in [0.29, 0.717) is 12.6 Å². The zero-order chi connectivity index (χ0) is 20.9. The number of hydrogen-bond acceptors (Lipinski definition) is 3. The Labute approximate surface area is 179 Å². The average Bonchev–Trinajstić information content (AvgIpc) is 3.33. The van der Waals surface area contributed by atoms with E-state index in [0.717, 1.165) is 22.9 Å². The van der Waals surface area contributed by atoms with Crippen LogP contribution in [0.2, 0.25) is 0 Å². The van der Waals surface area contributed by atoms with Gasteiger partial charge in [-0.2, -0.15) is 0 Å². The van der Waals surface area contributed by atoms with Gasteiger partial charge in [-0.3, -0.25) is 9.69 Å². The minimum atomic E-state index is -0.0237. The Kier molecular flexibility index (Phi) is 6.46. The summed E-state index contributed by atoms with van der Waals surface area (Å²) < 4.78 is 0. The standard InChI is InChI=1S/C26H31N3O/c1-19(29-16-3-4-17-29)20-8-5-9-21(18-20)22-10-6-12-24-23(22)11-7-13-25(24)26(30)28-15-14-27-2/h5-13,18-19,27H,3-4,14-17H2,1-2H3,(H,28,30). The molecule has 0 radical (unpaired) electrons. The van der Waals surface area contributed by atoms with Gasteiger partial charge in [0.15, 0.2) is 0 Å². The molecule has 0 saturated carbocycles. The molecule has 30 heavy (non-hydrogen) atoms. The van der Waals surface area contributed by atoms with Gasteiger partial charge in [-0.05, 0) is 79.5 Å². The molecule has 0 bridgehead atoms. The van der Waals surface area contributed by atoms with Crippen molar-refractivity contribution in [1.82, 2.24) is 15.5 Å². The number of rotatable bonds is 7. The van der Waals surface area contributed by atoms with Crippen molar-refractivity contribution in [2.24, 2.45) is 0 Å². The zero-order valence-electron chi connectivity index (χ0n) is 17.9. The lowest BCUT2D eigenvalue weighted by Gasteiger charge is -2.24. The van der Waals surface area contributed by atoms with Gasteiger partial charge >= 0.3 is 0 Å². The van der Waals surface area contributed by atoms with E-state index >= 15 is 0 Å². The van der Waals surface area contributed by atoms with Crippen LogP contribution in [0.5, 0.6) is 0 Å². The third-order valence-electron chi connectivity index (χ3n) is 6.20. The second-order valence-electron chi connectivity index (χ2n) is 8.11. The number of likely N-dealkylation sites (N-methyl/N-ethyl adjacent to an activating group) is 1. The molecule has 3 aromatic carbocycles. The molecule has 1 amide bonds. The number of carbonyl (C=O) groups is 1. The van der Waals surface area contributed by atoms with Crippen molar-refractivity contribution in [2.45, 2.75) is 25.8 Å². The Bertz CT molecular complexity index is 1020. The van der Waals surface area contributed by atoms with Crippen LogP contribution in [-0.4, -0.2) is 44.0 Å². The number of hydrogen-bond donors (Lipinski definition) is 2. The minimum Gasteiger partial charge on any atom is -0.351 e. The molecule has 3 aromatic rings. The van der Waals surface area contributed by atoms with Crippen molar-refractivity contribution in [3.8, 4) is 11.1 Å². The van der Waals surface area contributed by atoms with Crippen LogP contribution in [0.4, 0.5) is 0 Å². The van der Waals surface area contributed by atoms with Crippen LogP contribution in [-0.2, 0) is 0 Å². The average molecular weight is 402 g/mol. The maximum absolute atomic E-state index is 12.7. The fraction of sp³-hybridized carbons (Fsp3) is 0.346. The van der Waals surface area contributed by atoms with Crippen LogP contribution < -0.4 is 10.6 Å². The second-order valence-corrected chi connectivity index (χ2v) is 8.11. The molecular formula is C26H31N3O. The first-order valence-electron chi connectivity index (χ1n) is 11.0. The molecule has 1 fully saturated rings. The number of nitrogens with zero attached hydrogens (tertiary/aromatic N) is 1. The molecule has 1 unspecified atom stereocenters. The third kappa shape index (κ3) is 4.25. The Morgan fingerprint density at radius 1 is 0.967 bits per heavy atom. The lowest BCUT2D eigenvalue weighted by Crippen LogP contribution is -2.30. The van der Waals surface area contributed by atoms with Gasteiger partial charge in [0, 0.05) is 24.7 Å². The van der Waals surface area contributed by atoms with Crippen molar-refractivity contribution < 1.29 is 4.79 Å². The van der Waals surface area contributed by atoms with Crippen molar-refractivity contribution in [2.75, 3.05) is 33.2 Å². The summed E-state index contributed by atoms with van der Waals surface area (Å²) in [6.07, 6.45) is 2.60. The van der Waals surface area contributed by atoms with Crippen molar-refractivity contribution >= 4 is 16.7 Å². The number of nitrogens with one attached hydrogen (secondary N) is 2. The summed E-state index contributed by atoms with van der Waals surface area (Å²) in [7, 11) is 1.88. The molecule has 2 N–H and O–H groups in total. The van der Waals surface area contributed by atoms with Gasteiger partial charge in [-0.25, -0.2) is 0 Å². The fourth-order valence-corrected chi connectivity index (χ4v) is 4.46. The first-order chi connectivity index (χ1) is 14.7. The molecule has 1 heterocycles. The van der Waals surface area contributed by atoms with E-state index < -0.39 is 0 Å². The quantitative estimate of drug-likeness (QED) is 0.568. The summed E-state index contributed by atoms with van der Waals surface area (Å²) in [5, 5.41) is 8.17. The predicted octanol–water partition coefficient (Wildman–Crippen LogP) is 4.61. The normalized spacial score (nSPS) is 15.4. The number of fused-ring (bicyclic) bond motifs is 1. The van der Waals surface area contributed by atoms with E-state index in [2.05, 4.69) is 64.9 Å². The highest BCUT2D eigenvalue weighted by atomic mass is 16.1. The predicted molar refractivity (Wildman–Crippen MR) is 125 cm³/mol. The molecule has 1 aliphatic heterocycles. The van der Waals surface area contributed by atoms with Gasteiger partial charge in [0.2, 0.25) is 0 Å². The summed E-state index contributed by atoms with van der Waals surface area (Å²) in [4.78, 5) is 15.3. The van der Waals surface area contributed by atoms with E-state index in [9.17, 15) is 4.79 Å². The summed E-state index contributed by atoms with van der Waals surface area (Å²) in [5.74, 6) is -0.0237. The smallest absolute Gasteiger partial charge is 0.251 e. The van der Waals surface area contributed by atoms with Crippen LogP contribution in [0.15, 0.2) is 60.7 Å². The lowest BCUT2D eigenvalue weighted by atomic mass is 9.93. The molecule has 1 atom stereocenters. The maximum atomic E-state index is 12.7. The van der Waals surface area contributed by atoms with Crippen molar-refractivity contribution in [3.63, 3.8) is 0 Å². The van der Waals surface area contributed by atoms with Gasteiger partial charge in [0.1, 0.15) is 0 Å². The topological polar surface area (TPSA) is 44.4 Å². The molecule has 4 heteroatoms. The van der Waals surface area contributed by atoms with E-state index in [1.165, 1.54) is 42.6 Å². The highest BCUT2D eigenvalue weighted by molar-refractivity contribution is 6.10. The van der Waals surface area contributed by atoms with Gasteiger partial charge in [0.05, 0.1) is 0 Å². The molecule has 0 aromatic heterocycles. The molecular weight excluding hydrogens is 370 g/mol. The Hall–Kier alpha value is -2.69. The Balaban J connectivity index is 1.69. The van der Waals surface area contributed by atoms with Crippen LogP contribution in [0, 0.1) is 0 Å². The molecule has 4 nitrogen and oxygen atoms in total. The molecule has 156 valence electrons. The Morgan fingerprint density at radius 3 is 2.50 bits per heavy atom. The van der Waals surface area contributed by atoms with E-state index in [4.69, 9.17) is 0 Å². The van der Waals surface area contributed by atoms with Crippen molar-refractivity contribution in [3.05, 3.63) is 71.8 Å². The second kappa shape index (κ2) is 9.41. The summed E-state index contributed by atoms with van der Waals surface area (Å²) in [6, 6.07) is 21.6. The number of amides is 1. The number of likely N-dealkylation sites (tertiary alicyclic amines) is 1. The highest BCUT2D eigenvalue weighted by Crippen LogP contribution is 2.33. The number of benzene rings is 3. The van der Waals surface area contributed by atoms with Gasteiger partial charge in [0.25, 0.3) is 5.91 Å². The largest absolute Gasteiger partial charge is 0.351 e. The van der Waals surface area contributed by atoms with E-state index in [1.54, 1.807) is 0 Å². The number of carbonyl (C=O) groups excluding carboxylic acids is 1. The molecule has 0 aliphatic carbocycles. The molecule has 4 rings (SSSR count). The summed E-state index contributed by atoms with van der Waals surface area (Å²) in [5.41, 5.74) is 4.46. The van der Waals surface area contributed by atoms with Crippen LogP contribution in [0.1, 0.15) is 41.7 Å². The zero-order valence-corrected chi connectivity index (χ0v) is 17.9. The lowest BCUT2D eigenvalue weighted by molar-refractivity contribution is 0.0956. The van der Waals surface area contributed by atoms with Gasteiger partial charge < -0.3 is 10.6 Å². The minimum absolute atomic E-state index is 0.0237. The van der Waals surface area contributed by atoms with Crippen LogP contribution >= 0.6 is 0 Å².